The number of carbonyl (C=O) groups excluding carboxylic acids is 1. The number of halogens is 3. The molecule has 192 valence electrons. The van der Waals surface area contributed by atoms with E-state index in [0.29, 0.717) is 24.6 Å². The van der Waals surface area contributed by atoms with Crippen LogP contribution in [0.3, 0.4) is 0 Å². The van der Waals surface area contributed by atoms with Crippen molar-refractivity contribution in [2.45, 2.75) is 46.0 Å². The van der Waals surface area contributed by atoms with E-state index in [1.165, 1.54) is 7.05 Å². The van der Waals surface area contributed by atoms with Gasteiger partial charge in [-0.25, -0.2) is 4.98 Å². The van der Waals surface area contributed by atoms with Crippen LogP contribution in [0.5, 0.6) is 5.88 Å². The number of hydrogen-bond acceptors (Lipinski definition) is 6. The number of amides is 1. The number of nitrogens with zero attached hydrogens (tertiary/aromatic N) is 3. The van der Waals surface area contributed by atoms with Gasteiger partial charge >= 0.3 is 6.18 Å². The molecular formula is C25H29F3N6O2. The number of aryl methyl sites for hydroxylation is 2. The molecule has 0 bridgehead atoms. The van der Waals surface area contributed by atoms with Gasteiger partial charge in [0.05, 0.1) is 40.6 Å². The summed E-state index contributed by atoms with van der Waals surface area (Å²) < 4.78 is 49.3. The van der Waals surface area contributed by atoms with Crippen LogP contribution in [0.25, 0.3) is 0 Å². The molecule has 11 heteroatoms. The van der Waals surface area contributed by atoms with Crippen molar-refractivity contribution in [3.05, 3.63) is 70.8 Å². The predicted octanol–water partition coefficient (Wildman–Crippen LogP) is 4.59. The van der Waals surface area contributed by atoms with Crippen LogP contribution < -0.4 is 15.4 Å². The molecule has 0 saturated heterocycles. The van der Waals surface area contributed by atoms with E-state index in [2.05, 4.69) is 20.6 Å². The monoisotopic (exact) mass is 502 g/mol. The zero-order valence-corrected chi connectivity index (χ0v) is 20.5. The highest BCUT2D eigenvalue weighted by Gasteiger charge is 2.37. The number of hydrogen-bond donors (Lipinski definition) is 3. The minimum absolute atomic E-state index is 0.179. The first-order valence-electron chi connectivity index (χ1n) is 11.5. The Balaban J connectivity index is 1.83. The number of aromatic nitrogens is 3. The quantitative estimate of drug-likeness (QED) is 0.352. The number of ether oxygens (including phenoxy) is 1. The summed E-state index contributed by atoms with van der Waals surface area (Å²) in [7, 11) is 1.41. The normalized spacial score (nSPS) is 12.2. The van der Waals surface area contributed by atoms with E-state index in [-0.39, 0.29) is 23.5 Å². The van der Waals surface area contributed by atoms with Crippen LogP contribution in [0.15, 0.2) is 42.7 Å². The molecule has 3 N–H and O–H groups in total. The highest BCUT2D eigenvalue weighted by atomic mass is 19.4. The highest BCUT2D eigenvalue weighted by Crippen LogP contribution is 2.37. The van der Waals surface area contributed by atoms with Gasteiger partial charge in [0.25, 0.3) is 5.91 Å². The molecule has 1 atom stereocenters. The van der Waals surface area contributed by atoms with Crippen molar-refractivity contribution in [2.24, 2.45) is 0 Å². The summed E-state index contributed by atoms with van der Waals surface area (Å²) in [6.07, 6.45) is -2.38. The molecule has 0 spiro atoms. The third-order valence-electron chi connectivity index (χ3n) is 5.62. The molecule has 3 aromatic rings. The molecule has 2 heterocycles. The minimum Gasteiger partial charge on any atom is -0.467 e. The number of rotatable bonds is 10. The number of benzene rings is 1. The van der Waals surface area contributed by atoms with Crippen LogP contribution in [-0.2, 0) is 23.9 Å². The first kappa shape index (κ1) is 26.7. The third-order valence-corrected chi connectivity index (χ3v) is 5.62. The van der Waals surface area contributed by atoms with Gasteiger partial charge in [0.15, 0.2) is 6.61 Å². The Bertz CT molecular complexity index is 1200. The average Bonchev–Trinajstić information content (AvgIpc) is 3.30. The van der Waals surface area contributed by atoms with Crippen molar-refractivity contribution in [3.63, 3.8) is 0 Å². The minimum atomic E-state index is -4.78. The Labute approximate surface area is 207 Å². The summed E-state index contributed by atoms with van der Waals surface area (Å²) in [6, 6.07) is 8.42. The number of anilines is 1. The number of nitrogens with one attached hydrogen (secondary N) is 3. The average molecular weight is 503 g/mol. The second-order valence-electron chi connectivity index (χ2n) is 8.01. The summed E-state index contributed by atoms with van der Waals surface area (Å²) in [5.41, 5.74) is 0.211. The van der Waals surface area contributed by atoms with Gasteiger partial charge in [0.2, 0.25) is 5.88 Å². The second kappa shape index (κ2) is 11.2. The van der Waals surface area contributed by atoms with Crippen molar-refractivity contribution in [2.75, 3.05) is 19.0 Å². The lowest BCUT2D eigenvalue weighted by molar-refractivity contribution is -0.137. The van der Waals surface area contributed by atoms with E-state index in [4.69, 9.17) is 10.1 Å². The van der Waals surface area contributed by atoms with Gasteiger partial charge in [0.1, 0.15) is 5.82 Å². The molecule has 1 aromatic carbocycles. The first-order chi connectivity index (χ1) is 17.1. The summed E-state index contributed by atoms with van der Waals surface area (Å²) in [6.45, 7) is 5.89. The zero-order valence-electron chi connectivity index (χ0n) is 20.5. The van der Waals surface area contributed by atoms with E-state index in [9.17, 15) is 18.0 Å². The lowest BCUT2D eigenvalue weighted by Gasteiger charge is -2.19. The van der Waals surface area contributed by atoms with Gasteiger partial charge in [-0.15, -0.1) is 0 Å². The van der Waals surface area contributed by atoms with E-state index >= 15 is 0 Å². The Morgan fingerprint density at radius 1 is 1.22 bits per heavy atom. The second-order valence-corrected chi connectivity index (χ2v) is 8.01. The number of pyridine rings is 1. The van der Waals surface area contributed by atoms with E-state index in [0.717, 1.165) is 11.4 Å². The molecule has 3 rings (SSSR count). The number of carbonyl (C=O) groups is 1. The fourth-order valence-corrected chi connectivity index (χ4v) is 3.95. The zero-order chi connectivity index (χ0) is 26.5. The summed E-state index contributed by atoms with van der Waals surface area (Å²) in [5, 5.41) is 13.8. The van der Waals surface area contributed by atoms with Gasteiger partial charge in [-0.05, 0) is 20.3 Å². The Hall–Kier alpha value is -3.89. The molecule has 0 saturated carbocycles. The van der Waals surface area contributed by atoms with Gasteiger partial charge in [-0.3, -0.25) is 10.2 Å². The molecule has 0 aliphatic carbocycles. The van der Waals surface area contributed by atoms with Crippen LogP contribution in [-0.4, -0.2) is 39.8 Å². The van der Waals surface area contributed by atoms with Crippen LogP contribution in [0, 0.1) is 5.41 Å². The summed E-state index contributed by atoms with van der Waals surface area (Å²) >= 11 is 0. The van der Waals surface area contributed by atoms with Crippen LogP contribution in [0.1, 0.15) is 54.9 Å². The van der Waals surface area contributed by atoms with Crippen molar-refractivity contribution in [1.29, 1.82) is 5.41 Å². The molecule has 8 nitrogen and oxygen atoms in total. The molecule has 0 aliphatic heterocycles. The van der Waals surface area contributed by atoms with Crippen molar-refractivity contribution < 1.29 is 22.7 Å². The Morgan fingerprint density at radius 2 is 1.92 bits per heavy atom. The molecular weight excluding hydrogens is 473 g/mol. The van der Waals surface area contributed by atoms with E-state index in [1.807, 2.05) is 25.3 Å². The van der Waals surface area contributed by atoms with Crippen LogP contribution in [0.4, 0.5) is 19.0 Å². The molecule has 2 aromatic heterocycles. The molecule has 1 unspecified atom stereocenters. The highest BCUT2D eigenvalue weighted by molar-refractivity contribution is 6.14. The lowest BCUT2D eigenvalue weighted by Crippen LogP contribution is -2.33. The summed E-state index contributed by atoms with van der Waals surface area (Å²) in [4.78, 5) is 21.0. The Morgan fingerprint density at radius 3 is 2.50 bits per heavy atom. The van der Waals surface area contributed by atoms with Crippen molar-refractivity contribution in [1.82, 2.24) is 19.9 Å². The van der Waals surface area contributed by atoms with Gasteiger partial charge in [0, 0.05) is 25.2 Å². The largest absolute Gasteiger partial charge is 0.467 e. The van der Waals surface area contributed by atoms with Crippen molar-refractivity contribution in [3.8, 4) is 5.88 Å². The molecule has 0 radical (unpaired) electrons. The third kappa shape index (κ3) is 5.84. The fourth-order valence-electron chi connectivity index (χ4n) is 3.95. The lowest BCUT2D eigenvalue weighted by atomic mass is 9.98. The maximum absolute atomic E-state index is 14.0. The summed E-state index contributed by atoms with van der Waals surface area (Å²) in [5.74, 6) is -1.08. The van der Waals surface area contributed by atoms with Crippen LogP contribution >= 0.6 is 0 Å². The van der Waals surface area contributed by atoms with Gasteiger partial charge in [-0.2, -0.15) is 18.2 Å². The standard InChI is InChI=1S/C25H29F3N6O2/c1-5-18-23(34(6-2)14-31-18)15(3)32-19(35)13-36-20-12-17(25(26,27)28)21(24(30-4)33-20)22(29)16-10-8-7-9-11-16/h7-12,14-15,29H,5-6,13H2,1-4H3,(H,30,33)(H,32,35). The topological polar surface area (TPSA) is 105 Å². The molecule has 36 heavy (non-hydrogen) atoms. The van der Waals surface area contributed by atoms with Gasteiger partial charge < -0.3 is 19.9 Å². The van der Waals surface area contributed by atoms with Crippen LogP contribution in [0.2, 0.25) is 0 Å². The Kier molecular flexibility index (Phi) is 8.33. The SMILES string of the molecule is CCc1ncn(CC)c1C(C)NC(=O)COc1cc(C(F)(F)F)c(C(=N)c2ccccc2)c(NC)n1. The molecule has 1 amide bonds. The number of imidazole rings is 1. The predicted molar refractivity (Wildman–Crippen MR) is 130 cm³/mol. The molecule has 0 aliphatic rings. The maximum Gasteiger partial charge on any atom is 0.417 e. The fraction of sp³-hybridized carbons (Fsp3) is 0.360. The molecule has 0 fully saturated rings. The number of alkyl halides is 3. The van der Waals surface area contributed by atoms with Crippen molar-refractivity contribution >= 4 is 17.4 Å². The van der Waals surface area contributed by atoms with Gasteiger partial charge in [-0.1, -0.05) is 37.3 Å². The van der Waals surface area contributed by atoms with E-state index in [1.54, 1.807) is 36.7 Å². The smallest absolute Gasteiger partial charge is 0.417 e. The first-order valence-corrected chi connectivity index (χ1v) is 11.5. The maximum atomic E-state index is 14.0. The van der Waals surface area contributed by atoms with E-state index < -0.39 is 29.8 Å².